The molecule has 2 aromatic carbocycles. The van der Waals surface area contributed by atoms with Crippen LogP contribution in [0.1, 0.15) is 10.4 Å². The van der Waals surface area contributed by atoms with Gasteiger partial charge in [-0.25, -0.2) is 14.8 Å². The zero-order chi connectivity index (χ0) is 20.1. The van der Waals surface area contributed by atoms with Gasteiger partial charge in [-0.1, -0.05) is 30.3 Å². The number of anilines is 4. The molecule has 0 saturated carbocycles. The molecule has 0 aliphatic heterocycles. The Bertz CT molecular complexity index is 1010. The number of nitrogens with one attached hydrogen (secondary N) is 1. The molecular weight excluding hydrogens is 362 g/mol. The smallest absolute Gasteiger partial charge is 0.354 e. The Morgan fingerprint density at radius 3 is 2.46 bits per heavy atom. The van der Waals surface area contributed by atoms with Crippen molar-refractivity contribution in [1.29, 1.82) is 0 Å². The summed E-state index contributed by atoms with van der Waals surface area (Å²) in [6.07, 6.45) is 1.23. The van der Waals surface area contributed by atoms with Crippen LogP contribution >= 0.6 is 0 Å². The van der Waals surface area contributed by atoms with Gasteiger partial charge >= 0.3 is 11.7 Å². The van der Waals surface area contributed by atoms with Crippen molar-refractivity contribution in [2.24, 2.45) is 0 Å². The monoisotopic (exact) mass is 379 g/mol. The van der Waals surface area contributed by atoms with Crippen molar-refractivity contribution in [2.75, 3.05) is 24.4 Å². The Hall–Kier alpha value is -4.01. The summed E-state index contributed by atoms with van der Waals surface area (Å²) in [5.74, 6) is -0.472. The molecule has 0 amide bonds. The Kier molecular flexibility index (Phi) is 5.45. The molecule has 142 valence electrons. The molecule has 0 bridgehead atoms. The van der Waals surface area contributed by atoms with Crippen LogP contribution in [0.15, 0.2) is 60.9 Å². The van der Waals surface area contributed by atoms with E-state index in [1.165, 1.54) is 18.3 Å². The van der Waals surface area contributed by atoms with Crippen molar-refractivity contribution >= 4 is 34.7 Å². The summed E-state index contributed by atoms with van der Waals surface area (Å²) in [6, 6.07) is 15.6. The van der Waals surface area contributed by atoms with E-state index in [2.05, 4.69) is 15.3 Å². The van der Waals surface area contributed by atoms with Crippen LogP contribution in [-0.4, -0.2) is 35.0 Å². The van der Waals surface area contributed by atoms with Crippen LogP contribution in [0.2, 0.25) is 0 Å². The molecule has 0 atom stereocenters. The lowest BCUT2D eigenvalue weighted by molar-refractivity contribution is -0.383. The predicted molar refractivity (Wildman–Crippen MR) is 104 cm³/mol. The van der Waals surface area contributed by atoms with Crippen LogP contribution in [0.4, 0.5) is 28.7 Å². The van der Waals surface area contributed by atoms with E-state index in [-0.39, 0.29) is 22.9 Å². The second-order valence-corrected chi connectivity index (χ2v) is 5.71. The first-order valence-corrected chi connectivity index (χ1v) is 8.25. The van der Waals surface area contributed by atoms with Gasteiger partial charge in [0.15, 0.2) is 0 Å². The first-order valence-electron chi connectivity index (χ1n) is 8.25. The highest BCUT2D eigenvalue weighted by Crippen LogP contribution is 2.37. The van der Waals surface area contributed by atoms with Gasteiger partial charge in [-0.05, 0) is 24.3 Å². The van der Waals surface area contributed by atoms with E-state index in [0.29, 0.717) is 11.4 Å². The van der Waals surface area contributed by atoms with Crippen molar-refractivity contribution in [2.45, 2.75) is 0 Å². The number of carbonyl (C=O) groups excluding carboxylic acids is 1. The van der Waals surface area contributed by atoms with Gasteiger partial charge in [0, 0.05) is 12.7 Å². The average Bonchev–Trinajstić information content (AvgIpc) is 2.73. The van der Waals surface area contributed by atoms with Crippen molar-refractivity contribution in [3.8, 4) is 0 Å². The maximum atomic E-state index is 12.1. The van der Waals surface area contributed by atoms with Gasteiger partial charge in [0.1, 0.15) is 6.33 Å². The number of methoxy groups -OCH3 is 1. The first kappa shape index (κ1) is 18.8. The van der Waals surface area contributed by atoms with E-state index >= 15 is 0 Å². The molecule has 9 nitrogen and oxygen atoms in total. The number of nitrogens with zero attached hydrogens (tertiary/aromatic N) is 4. The fourth-order valence-electron chi connectivity index (χ4n) is 2.70. The average molecular weight is 379 g/mol. The van der Waals surface area contributed by atoms with Gasteiger partial charge in [-0.15, -0.1) is 0 Å². The molecule has 3 aromatic rings. The third-order valence-corrected chi connectivity index (χ3v) is 4.01. The lowest BCUT2D eigenvalue weighted by Gasteiger charge is -2.21. The minimum Gasteiger partial charge on any atom is -0.465 e. The van der Waals surface area contributed by atoms with Gasteiger partial charge in [0.25, 0.3) is 0 Å². The van der Waals surface area contributed by atoms with Gasteiger partial charge < -0.3 is 15.0 Å². The summed E-state index contributed by atoms with van der Waals surface area (Å²) < 4.78 is 4.80. The van der Waals surface area contributed by atoms with Crippen molar-refractivity contribution in [3.05, 3.63) is 76.6 Å². The van der Waals surface area contributed by atoms with Gasteiger partial charge in [0.05, 0.1) is 23.3 Å². The van der Waals surface area contributed by atoms with Crippen molar-refractivity contribution < 1.29 is 14.5 Å². The molecular formula is C19H17N5O4. The van der Waals surface area contributed by atoms with Gasteiger partial charge in [-0.2, -0.15) is 0 Å². The summed E-state index contributed by atoms with van der Waals surface area (Å²) in [5, 5.41) is 14.7. The SMILES string of the molecule is COC(=O)c1ccccc1N(C)c1ncnc(Nc2ccccc2)c1[N+](=O)[O-]. The molecule has 1 N–H and O–H groups in total. The van der Waals surface area contributed by atoms with Crippen LogP contribution in [-0.2, 0) is 4.74 Å². The number of nitro groups is 1. The Labute approximate surface area is 160 Å². The van der Waals surface area contributed by atoms with E-state index < -0.39 is 10.9 Å². The van der Waals surface area contributed by atoms with E-state index in [0.717, 1.165) is 0 Å². The van der Waals surface area contributed by atoms with Crippen LogP contribution in [0.25, 0.3) is 0 Å². The minimum atomic E-state index is -0.558. The first-order chi connectivity index (χ1) is 13.5. The molecule has 28 heavy (non-hydrogen) atoms. The number of aromatic nitrogens is 2. The Morgan fingerprint density at radius 1 is 1.11 bits per heavy atom. The molecule has 1 aromatic heterocycles. The van der Waals surface area contributed by atoms with Gasteiger partial charge in [-0.3, -0.25) is 10.1 Å². The predicted octanol–water partition coefficient (Wildman–Crippen LogP) is 3.68. The minimum absolute atomic E-state index is 0.0368. The number of hydrogen-bond acceptors (Lipinski definition) is 8. The topological polar surface area (TPSA) is 110 Å². The van der Waals surface area contributed by atoms with Crippen LogP contribution in [0.3, 0.4) is 0 Å². The lowest BCUT2D eigenvalue weighted by Crippen LogP contribution is -2.18. The van der Waals surface area contributed by atoms with Crippen molar-refractivity contribution in [1.82, 2.24) is 9.97 Å². The highest BCUT2D eigenvalue weighted by atomic mass is 16.6. The molecule has 0 aliphatic carbocycles. The molecule has 0 spiro atoms. The molecule has 0 aliphatic rings. The summed E-state index contributed by atoms with van der Waals surface area (Å²) in [6.45, 7) is 0. The standard InChI is InChI=1S/C19H17N5O4/c1-23(15-11-7-6-10-14(15)19(25)28-2)18-16(24(26)27)17(20-12-21-18)22-13-8-4-3-5-9-13/h3-12H,1-2H3,(H,20,21,22). The van der Waals surface area contributed by atoms with E-state index in [1.54, 1.807) is 55.6 Å². The third kappa shape index (κ3) is 3.73. The summed E-state index contributed by atoms with van der Waals surface area (Å²) in [5.41, 5.74) is 1.01. The largest absolute Gasteiger partial charge is 0.465 e. The number of para-hydroxylation sites is 2. The van der Waals surface area contributed by atoms with Gasteiger partial charge in [0.2, 0.25) is 11.6 Å². The van der Waals surface area contributed by atoms with Crippen LogP contribution in [0, 0.1) is 10.1 Å². The summed E-state index contributed by atoms with van der Waals surface area (Å²) in [7, 11) is 2.86. The normalized spacial score (nSPS) is 10.2. The molecule has 0 unspecified atom stereocenters. The van der Waals surface area contributed by atoms with Crippen LogP contribution < -0.4 is 10.2 Å². The van der Waals surface area contributed by atoms with E-state index in [1.807, 2.05) is 6.07 Å². The fraction of sp³-hybridized carbons (Fsp3) is 0.105. The molecule has 0 radical (unpaired) electrons. The molecule has 0 saturated heterocycles. The van der Waals surface area contributed by atoms with E-state index in [9.17, 15) is 14.9 Å². The number of esters is 1. The number of carbonyl (C=O) groups is 1. The second kappa shape index (κ2) is 8.12. The number of rotatable bonds is 6. The number of benzene rings is 2. The maximum absolute atomic E-state index is 12.1. The highest BCUT2D eigenvalue weighted by Gasteiger charge is 2.28. The number of ether oxygens (including phenoxy) is 1. The van der Waals surface area contributed by atoms with Crippen LogP contribution in [0.5, 0.6) is 0 Å². The van der Waals surface area contributed by atoms with E-state index in [4.69, 9.17) is 4.74 Å². The molecule has 3 rings (SSSR count). The lowest BCUT2D eigenvalue weighted by atomic mass is 10.1. The second-order valence-electron chi connectivity index (χ2n) is 5.71. The van der Waals surface area contributed by atoms with Crippen molar-refractivity contribution in [3.63, 3.8) is 0 Å². The quantitative estimate of drug-likeness (QED) is 0.392. The summed E-state index contributed by atoms with van der Waals surface area (Å²) >= 11 is 0. The number of hydrogen-bond donors (Lipinski definition) is 1. The third-order valence-electron chi connectivity index (χ3n) is 4.01. The Balaban J connectivity index is 2.09. The molecule has 0 fully saturated rings. The molecule has 9 heteroatoms. The fourth-order valence-corrected chi connectivity index (χ4v) is 2.70. The Morgan fingerprint density at radius 2 is 1.79 bits per heavy atom. The molecule has 1 heterocycles. The highest BCUT2D eigenvalue weighted by molar-refractivity contribution is 5.97. The maximum Gasteiger partial charge on any atom is 0.354 e. The summed E-state index contributed by atoms with van der Waals surface area (Å²) in [4.78, 5) is 32.9. The zero-order valence-corrected chi connectivity index (χ0v) is 15.2. The zero-order valence-electron chi connectivity index (χ0n) is 15.2.